The lowest BCUT2D eigenvalue weighted by atomic mass is 10.3. The van der Waals surface area contributed by atoms with Gasteiger partial charge in [-0.05, 0) is 32.0 Å². The number of methoxy groups -OCH3 is 1. The third kappa shape index (κ3) is 2.73. The first-order chi connectivity index (χ1) is 8.60. The van der Waals surface area contributed by atoms with Crippen LogP contribution in [0.1, 0.15) is 11.4 Å². The normalized spacial score (nSPS) is 10.4. The molecular weight excluding hydrogens is 246 g/mol. The molecule has 2 aromatic rings. The Kier molecular flexibility index (Phi) is 3.72. The molecule has 1 heterocycles. The molecule has 0 fully saturated rings. The second-order valence-corrected chi connectivity index (χ2v) is 4.93. The van der Waals surface area contributed by atoms with Gasteiger partial charge in [-0.3, -0.25) is 0 Å². The van der Waals surface area contributed by atoms with E-state index in [0.29, 0.717) is 11.6 Å². The van der Waals surface area contributed by atoms with E-state index in [1.165, 1.54) is 0 Å². The van der Waals surface area contributed by atoms with Crippen molar-refractivity contribution in [3.8, 4) is 5.75 Å². The summed E-state index contributed by atoms with van der Waals surface area (Å²) < 4.78 is 5.20. The molecular formula is C13H15N3OS. The first kappa shape index (κ1) is 12.7. The van der Waals surface area contributed by atoms with Crippen molar-refractivity contribution in [2.24, 2.45) is 0 Å². The van der Waals surface area contributed by atoms with Crippen molar-refractivity contribution >= 4 is 17.6 Å². The highest BCUT2D eigenvalue weighted by molar-refractivity contribution is 7.99. The van der Waals surface area contributed by atoms with Crippen LogP contribution < -0.4 is 10.5 Å². The Morgan fingerprint density at radius 1 is 1.22 bits per heavy atom. The number of nitrogens with zero attached hydrogens (tertiary/aromatic N) is 2. The fourth-order valence-electron chi connectivity index (χ4n) is 1.50. The lowest BCUT2D eigenvalue weighted by molar-refractivity contribution is 0.413. The van der Waals surface area contributed by atoms with Gasteiger partial charge in [0.1, 0.15) is 22.4 Å². The minimum atomic E-state index is 0.535. The molecule has 18 heavy (non-hydrogen) atoms. The number of rotatable bonds is 3. The van der Waals surface area contributed by atoms with Crippen molar-refractivity contribution in [1.29, 1.82) is 0 Å². The van der Waals surface area contributed by atoms with E-state index < -0.39 is 0 Å². The molecule has 1 aromatic heterocycles. The summed E-state index contributed by atoms with van der Waals surface area (Å²) in [7, 11) is 1.65. The predicted molar refractivity (Wildman–Crippen MR) is 73.0 cm³/mol. The molecule has 5 heteroatoms. The van der Waals surface area contributed by atoms with E-state index in [1.54, 1.807) is 18.9 Å². The molecule has 1 aromatic carbocycles. The van der Waals surface area contributed by atoms with Crippen molar-refractivity contribution in [2.45, 2.75) is 23.8 Å². The Bertz CT molecular complexity index is 572. The van der Waals surface area contributed by atoms with Crippen LogP contribution in [0.15, 0.2) is 34.2 Å². The number of aryl methyl sites for hydroxylation is 1. The third-order valence-corrected chi connectivity index (χ3v) is 3.59. The quantitative estimate of drug-likeness (QED) is 0.861. The summed E-state index contributed by atoms with van der Waals surface area (Å²) in [5.41, 5.74) is 6.75. The Balaban J connectivity index is 2.33. The highest BCUT2D eigenvalue weighted by Gasteiger charge is 2.08. The van der Waals surface area contributed by atoms with Crippen LogP contribution in [0.5, 0.6) is 5.75 Å². The maximum absolute atomic E-state index is 5.84. The van der Waals surface area contributed by atoms with E-state index in [1.807, 2.05) is 38.1 Å². The van der Waals surface area contributed by atoms with Gasteiger partial charge in [0.15, 0.2) is 0 Å². The van der Waals surface area contributed by atoms with Gasteiger partial charge in [-0.1, -0.05) is 17.8 Å². The average Bonchev–Trinajstić information content (AvgIpc) is 2.35. The monoisotopic (exact) mass is 261 g/mol. The van der Waals surface area contributed by atoms with Crippen LogP contribution in [-0.2, 0) is 0 Å². The largest absolute Gasteiger partial charge is 0.497 e. The lowest BCUT2D eigenvalue weighted by Gasteiger charge is -2.08. The zero-order valence-corrected chi connectivity index (χ0v) is 11.4. The summed E-state index contributed by atoms with van der Waals surface area (Å²) >= 11 is 1.56. The zero-order chi connectivity index (χ0) is 13.1. The number of nitrogen functional groups attached to an aromatic ring is 1. The fraction of sp³-hybridized carbons (Fsp3) is 0.231. The van der Waals surface area contributed by atoms with E-state index in [2.05, 4.69) is 9.97 Å². The Hall–Kier alpha value is -1.75. The van der Waals surface area contributed by atoms with E-state index in [9.17, 15) is 0 Å². The first-order valence-corrected chi connectivity index (χ1v) is 6.34. The summed E-state index contributed by atoms with van der Waals surface area (Å²) in [4.78, 5) is 9.62. The predicted octanol–water partition coefficient (Wildman–Crippen LogP) is 2.84. The van der Waals surface area contributed by atoms with Crippen LogP contribution in [0.3, 0.4) is 0 Å². The number of hydrogen-bond acceptors (Lipinski definition) is 5. The lowest BCUT2D eigenvalue weighted by Crippen LogP contribution is -2.01. The van der Waals surface area contributed by atoms with Gasteiger partial charge in [-0.2, -0.15) is 0 Å². The summed E-state index contributed by atoms with van der Waals surface area (Å²) in [5, 5.41) is 0.883. The van der Waals surface area contributed by atoms with Crippen molar-refractivity contribution in [3.05, 3.63) is 35.7 Å². The molecule has 0 aliphatic heterocycles. The number of anilines is 1. The van der Waals surface area contributed by atoms with Crippen molar-refractivity contribution in [1.82, 2.24) is 9.97 Å². The maximum atomic E-state index is 5.84. The van der Waals surface area contributed by atoms with Gasteiger partial charge < -0.3 is 10.5 Å². The van der Waals surface area contributed by atoms with Crippen LogP contribution in [0, 0.1) is 13.8 Å². The summed E-state index contributed by atoms with van der Waals surface area (Å²) in [5.74, 6) is 2.05. The first-order valence-electron chi connectivity index (χ1n) is 5.53. The molecule has 0 amide bonds. The van der Waals surface area contributed by atoms with Crippen LogP contribution in [0.25, 0.3) is 0 Å². The van der Waals surface area contributed by atoms with Gasteiger partial charge in [-0.15, -0.1) is 0 Å². The molecule has 0 saturated heterocycles. The Morgan fingerprint density at radius 2 is 2.00 bits per heavy atom. The van der Waals surface area contributed by atoms with Gasteiger partial charge in [0.2, 0.25) is 0 Å². The Morgan fingerprint density at radius 3 is 2.72 bits per heavy atom. The average molecular weight is 261 g/mol. The molecule has 0 spiro atoms. The highest BCUT2D eigenvalue weighted by atomic mass is 32.2. The second-order valence-electron chi connectivity index (χ2n) is 3.87. The van der Waals surface area contributed by atoms with Crippen LogP contribution >= 0.6 is 11.8 Å². The molecule has 2 N–H and O–H groups in total. The molecule has 2 rings (SSSR count). The number of benzene rings is 1. The molecule has 0 radical (unpaired) electrons. The molecule has 0 saturated carbocycles. The van der Waals surface area contributed by atoms with Crippen LogP contribution in [0.4, 0.5) is 5.82 Å². The minimum absolute atomic E-state index is 0.535. The number of ether oxygens (including phenoxy) is 1. The highest BCUT2D eigenvalue weighted by Crippen LogP contribution is 2.32. The topological polar surface area (TPSA) is 61.0 Å². The zero-order valence-electron chi connectivity index (χ0n) is 10.6. The van der Waals surface area contributed by atoms with Gasteiger partial charge >= 0.3 is 0 Å². The van der Waals surface area contributed by atoms with E-state index in [4.69, 9.17) is 10.5 Å². The smallest absolute Gasteiger partial charge is 0.131 e. The van der Waals surface area contributed by atoms with Gasteiger partial charge in [0, 0.05) is 10.5 Å². The van der Waals surface area contributed by atoms with Gasteiger partial charge in [-0.25, -0.2) is 9.97 Å². The molecule has 0 bridgehead atoms. The second kappa shape index (κ2) is 5.27. The van der Waals surface area contributed by atoms with Crippen LogP contribution in [0.2, 0.25) is 0 Å². The number of hydrogen-bond donors (Lipinski definition) is 1. The summed E-state index contributed by atoms with van der Waals surface area (Å²) in [6, 6.07) is 7.85. The van der Waals surface area contributed by atoms with Gasteiger partial charge in [0.05, 0.1) is 7.11 Å². The standard InChI is InChI=1S/C13H15N3OS/c1-8-12(14)15-9(2)16-13(8)18-11-6-4-5-10(7-11)17-3/h4-7H,1-3H3,(H2,14,15,16). The summed E-state index contributed by atoms with van der Waals surface area (Å²) in [6.45, 7) is 3.77. The van der Waals surface area contributed by atoms with E-state index in [0.717, 1.165) is 21.2 Å². The molecule has 0 atom stereocenters. The maximum Gasteiger partial charge on any atom is 0.131 e. The number of nitrogens with two attached hydrogens (primary N) is 1. The minimum Gasteiger partial charge on any atom is -0.497 e. The van der Waals surface area contributed by atoms with Crippen LogP contribution in [-0.4, -0.2) is 17.1 Å². The van der Waals surface area contributed by atoms with Crippen molar-refractivity contribution in [3.63, 3.8) is 0 Å². The summed E-state index contributed by atoms with van der Waals surface area (Å²) in [6.07, 6.45) is 0. The van der Waals surface area contributed by atoms with E-state index in [-0.39, 0.29) is 0 Å². The number of aromatic nitrogens is 2. The van der Waals surface area contributed by atoms with Crippen molar-refractivity contribution < 1.29 is 4.74 Å². The molecule has 0 aliphatic rings. The van der Waals surface area contributed by atoms with E-state index >= 15 is 0 Å². The van der Waals surface area contributed by atoms with Gasteiger partial charge in [0.25, 0.3) is 0 Å². The third-order valence-electron chi connectivity index (χ3n) is 2.51. The fourth-order valence-corrected chi connectivity index (χ4v) is 2.48. The molecule has 4 nitrogen and oxygen atoms in total. The molecule has 0 unspecified atom stereocenters. The van der Waals surface area contributed by atoms with Crippen molar-refractivity contribution in [2.75, 3.05) is 12.8 Å². The molecule has 0 aliphatic carbocycles. The molecule has 94 valence electrons. The Labute approximate surface area is 111 Å². The SMILES string of the molecule is COc1cccc(Sc2nc(C)nc(N)c2C)c1.